The number of carbonyl (C=O) groups excluding carboxylic acids is 2. The van der Waals surface area contributed by atoms with Crippen LogP contribution in [0.2, 0.25) is 0 Å². The Morgan fingerprint density at radius 1 is 1.09 bits per heavy atom. The van der Waals surface area contributed by atoms with E-state index in [1.165, 1.54) is 29.2 Å². The Kier molecular flexibility index (Phi) is 6.04. The fraction of sp³-hybridized carbons (Fsp3) is 0.273. The summed E-state index contributed by atoms with van der Waals surface area (Å²) in [6, 6.07) is 10.6. The van der Waals surface area contributed by atoms with Crippen molar-refractivity contribution < 1.29 is 18.0 Å². The molecule has 9 nitrogen and oxygen atoms in total. The number of aromatic nitrogens is 3. The minimum Gasteiger partial charge on any atom is -0.337 e. The van der Waals surface area contributed by atoms with Gasteiger partial charge in [0.1, 0.15) is 0 Å². The highest BCUT2D eigenvalue weighted by Gasteiger charge is 2.33. The summed E-state index contributed by atoms with van der Waals surface area (Å²) in [6.07, 6.45) is 8.77. The van der Waals surface area contributed by atoms with Gasteiger partial charge in [0.05, 0.1) is 16.5 Å². The van der Waals surface area contributed by atoms with E-state index in [0.29, 0.717) is 30.8 Å². The number of benzene rings is 1. The number of sulfone groups is 1. The molecule has 1 unspecified atom stereocenters. The molecule has 1 aliphatic rings. The zero-order valence-electron chi connectivity index (χ0n) is 17.5. The van der Waals surface area contributed by atoms with Crippen LogP contribution in [0, 0.1) is 0 Å². The Bertz CT molecular complexity index is 1190. The molecule has 0 spiro atoms. The first-order chi connectivity index (χ1) is 15.3. The molecule has 4 rings (SSSR count). The van der Waals surface area contributed by atoms with Crippen molar-refractivity contribution in [2.45, 2.75) is 23.8 Å². The van der Waals surface area contributed by atoms with Crippen LogP contribution >= 0.6 is 0 Å². The summed E-state index contributed by atoms with van der Waals surface area (Å²) in [5.41, 5.74) is 1.04. The number of anilines is 1. The van der Waals surface area contributed by atoms with Gasteiger partial charge >= 0.3 is 6.03 Å². The number of amides is 2. The molecule has 166 valence electrons. The number of piperidine rings is 1. The molecule has 0 saturated carbocycles. The van der Waals surface area contributed by atoms with Crippen LogP contribution in [0.3, 0.4) is 0 Å². The van der Waals surface area contributed by atoms with E-state index in [-0.39, 0.29) is 22.9 Å². The second-order valence-corrected chi connectivity index (χ2v) is 9.67. The molecule has 0 bridgehead atoms. The molecule has 1 fully saturated rings. The third-order valence-corrected chi connectivity index (χ3v) is 6.54. The fourth-order valence-corrected chi connectivity index (χ4v) is 4.48. The van der Waals surface area contributed by atoms with Crippen molar-refractivity contribution in [1.29, 1.82) is 0 Å². The van der Waals surface area contributed by atoms with Crippen LogP contribution in [0.1, 0.15) is 23.2 Å². The molecule has 32 heavy (non-hydrogen) atoms. The SMILES string of the molecule is CS(=O)(=O)c1ccc(N(C(=O)n2cccn2)C2CCCN(C(=O)c3cccnc3)C2)cc1. The first-order valence-electron chi connectivity index (χ1n) is 10.2. The molecular weight excluding hydrogens is 430 g/mol. The number of pyridine rings is 1. The molecule has 3 aromatic rings. The van der Waals surface area contributed by atoms with E-state index in [1.807, 2.05) is 0 Å². The molecule has 1 aromatic carbocycles. The van der Waals surface area contributed by atoms with Gasteiger partial charge in [0.2, 0.25) is 0 Å². The van der Waals surface area contributed by atoms with E-state index >= 15 is 0 Å². The number of likely N-dealkylation sites (tertiary alicyclic amines) is 1. The lowest BCUT2D eigenvalue weighted by molar-refractivity contribution is 0.0706. The Morgan fingerprint density at radius 2 is 1.88 bits per heavy atom. The maximum atomic E-state index is 13.3. The Labute approximate surface area is 186 Å². The van der Waals surface area contributed by atoms with E-state index < -0.39 is 9.84 Å². The highest BCUT2D eigenvalue weighted by molar-refractivity contribution is 7.90. The zero-order chi connectivity index (χ0) is 22.7. The van der Waals surface area contributed by atoms with Crippen LogP contribution in [0.25, 0.3) is 0 Å². The number of rotatable bonds is 4. The lowest BCUT2D eigenvalue weighted by Gasteiger charge is -2.39. The normalized spacial score (nSPS) is 16.5. The number of nitrogens with zero attached hydrogens (tertiary/aromatic N) is 5. The maximum Gasteiger partial charge on any atom is 0.349 e. The minimum atomic E-state index is -3.36. The van der Waals surface area contributed by atoms with Crippen molar-refractivity contribution in [2.75, 3.05) is 24.2 Å². The molecule has 3 heterocycles. The quantitative estimate of drug-likeness (QED) is 0.601. The Hall–Kier alpha value is -3.53. The summed E-state index contributed by atoms with van der Waals surface area (Å²) in [6.45, 7) is 0.926. The van der Waals surface area contributed by atoms with Crippen molar-refractivity contribution in [3.63, 3.8) is 0 Å². The van der Waals surface area contributed by atoms with Crippen molar-refractivity contribution in [3.05, 3.63) is 72.8 Å². The number of hydrogen-bond acceptors (Lipinski definition) is 6. The van der Waals surface area contributed by atoms with Crippen LogP contribution in [-0.2, 0) is 9.84 Å². The van der Waals surface area contributed by atoms with Gasteiger partial charge in [-0.15, -0.1) is 0 Å². The lowest BCUT2D eigenvalue weighted by Crippen LogP contribution is -2.53. The second-order valence-electron chi connectivity index (χ2n) is 7.66. The average molecular weight is 454 g/mol. The van der Waals surface area contributed by atoms with Gasteiger partial charge in [0.15, 0.2) is 9.84 Å². The third-order valence-electron chi connectivity index (χ3n) is 5.41. The van der Waals surface area contributed by atoms with Gasteiger partial charge in [-0.05, 0) is 55.3 Å². The molecule has 2 aromatic heterocycles. The predicted octanol–water partition coefficient (Wildman–Crippen LogP) is 2.46. The smallest absolute Gasteiger partial charge is 0.337 e. The van der Waals surface area contributed by atoms with Gasteiger partial charge in [-0.2, -0.15) is 9.78 Å². The molecule has 0 aliphatic carbocycles. The van der Waals surface area contributed by atoms with Gasteiger partial charge in [-0.3, -0.25) is 14.7 Å². The summed E-state index contributed by atoms with van der Waals surface area (Å²) in [5.74, 6) is -0.137. The van der Waals surface area contributed by atoms with Gasteiger partial charge < -0.3 is 4.90 Å². The molecule has 0 radical (unpaired) electrons. The Morgan fingerprint density at radius 3 is 2.50 bits per heavy atom. The van der Waals surface area contributed by atoms with E-state index in [4.69, 9.17) is 0 Å². The molecule has 10 heteroatoms. The summed E-state index contributed by atoms with van der Waals surface area (Å²) < 4.78 is 24.9. The molecular formula is C22H23N5O4S. The van der Waals surface area contributed by atoms with Crippen LogP contribution in [0.15, 0.2) is 72.1 Å². The standard InChI is InChI=1S/C22H23N5O4S/c1-32(30,31)20-9-7-18(8-10-20)27(22(29)26-14-4-12-24-26)19-6-3-13-25(16-19)21(28)17-5-2-11-23-15-17/h2,4-5,7-12,14-15,19H,3,6,13,16H2,1H3. The molecule has 2 amide bonds. The minimum absolute atomic E-state index is 0.137. The van der Waals surface area contributed by atoms with E-state index in [2.05, 4.69) is 10.1 Å². The summed E-state index contributed by atoms with van der Waals surface area (Å²) in [5, 5.41) is 4.06. The monoisotopic (exact) mass is 453 g/mol. The van der Waals surface area contributed by atoms with Gasteiger partial charge in [-0.1, -0.05) is 0 Å². The van der Waals surface area contributed by atoms with E-state index in [1.54, 1.807) is 52.5 Å². The largest absolute Gasteiger partial charge is 0.349 e. The van der Waals surface area contributed by atoms with E-state index in [9.17, 15) is 18.0 Å². The van der Waals surface area contributed by atoms with Crippen LogP contribution in [0.4, 0.5) is 10.5 Å². The van der Waals surface area contributed by atoms with Gasteiger partial charge in [0.25, 0.3) is 5.91 Å². The fourth-order valence-electron chi connectivity index (χ4n) is 3.85. The highest BCUT2D eigenvalue weighted by atomic mass is 32.2. The van der Waals surface area contributed by atoms with Crippen LogP contribution < -0.4 is 4.90 Å². The Balaban J connectivity index is 1.65. The molecule has 1 aliphatic heterocycles. The maximum absolute atomic E-state index is 13.3. The highest BCUT2D eigenvalue weighted by Crippen LogP contribution is 2.26. The molecule has 1 saturated heterocycles. The number of hydrogen-bond donors (Lipinski definition) is 0. The van der Waals surface area contributed by atoms with Gasteiger partial charge in [0, 0.05) is 49.8 Å². The third kappa shape index (κ3) is 4.54. The van der Waals surface area contributed by atoms with E-state index in [0.717, 1.165) is 12.7 Å². The van der Waals surface area contributed by atoms with Crippen molar-refractivity contribution in [1.82, 2.24) is 19.7 Å². The molecule has 0 N–H and O–H groups in total. The first kappa shape index (κ1) is 21.7. The topological polar surface area (TPSA) is 105 Å². The van der Waals surface area contributed by atoms with Crippen molar-refractivity contribution >= 4 is 27.5 Å². The summed E-state index contributed by atoms with van der Waals surface area (Å²) in [4.78, 5) is 33.8. The summed E-state index contributed by atoms with van der Waals surface area (Å²) in [7, 11) is -3.36. The lowest BCUT2D eigenvalue weighted by atomic mass is 10.0. The second kappa shape index (κ2) is 8.91. The van der Waals surface area contributed by atoms with Crippen LogP contribution in [0.5, 0.6) is 0 Å². The summed E-state index contributed by atoms with van der Waals surface area (Å²) >= 11 is 0. The predicted molar refractivity (Wildman–Crippen MR) is 118 cm³/mol. The average Bonchev–Trinajstić information content (AvgIpc) is 3.34. The van der Waals surface area contributed by atoms with Crippen LogP contribution in [-0.4, -0.2) is 65.4 Å². The number of carbonyl (C=O) groups is 2. The molecule has 1 atom stereocenters. The van der Waals surface area contributed by atoms with Crippen molar-refractivity contribution in [2.24, 2.45) is 0 Å². The zero-order valence-corrected chi connectivity index (χ0v) is 18.4. The first-order valence-corrected chi connectivity index (χ1v) is 12.1. The van der Waals surface area contributed by atoms with Crippen molar-refractivity contribution in [3.8, 4) is 0 Å². The van der Waals surface area contributed by atoms with Gasteiger partial charge in [-0.25, -0.2) is 13.2 Å².